The Kier molecular flexibility index (Phi) is 5.04. The number of aromatic carboxylic acids is 1. The highest BCUT2D eigenvalue weighted by atomic mass is 32.1. The van der Waals surface area contributed by atoms with Gasteiger partial charge in [-0.2, -0.15) is 0 Å². The quantitative estimate of drug-likeness (QED) is 0.504. The number of nitrogens with one attached hydrogen (secondary N) is 3. The Morgan fingerprint density at radius 1 is 1.20 bits per heavy atom. The van der Waals surface area contributed by atoms with Crippen LogP contribution < -0.4 is 10.6 Å². The number of aryl methyl sites for hydroxylation is 1. The molecule has 130 valence electrons. The average molecular weight is 357 g/mol. The van der Waals surface area contributed by atoms with Gasteiger partial charge in [0.1, 0.15) is 4.88 Å². The van der Waals surface area contributed by atoms with Crippen molar-refractivity contribution in [1.29, 1.82) is 0 Å². The minimum atomic E-state index is -1.03. The molecule has 2 aromatic heterocycles. The average Bonchev–Trinajstić information content (AvgIpc) is 3.19. The summed E-state index contributed by atoms with van der Waals surface area (Å²) in [4.78, 5) is 27.8. The lowest BCUT2D eigenvalue weighted by Crippen LogP contribution is -2.20. The molecule has 4 N–H and O–H groups in total. The van der Waals surface area contributed by atoms with Crippen molar-refractivity contribution in [2.75, 3.05) is 10.6 Å². The lowest BCUT2D eigenvalue weighted by molar-refractivity contribution is 0.0703. The molecule has 1 aromatic carbocycles. The van der Waals surface area contributed by atoms with Crippen molar-refractivity contribution >= 4 is 45.6 Å². The molecule has 0 fully saturated rings. The van der Waals surface area contributed by atoms with Crippen LogP contribution in [0.3, 0.4) is 0 Å². The van der Waals surface area contributed by atoms with Crippen LogP contribution in [0.15, 0.2) is 36.5 Å². The molecule has 7 heteroatoms. The molecule has 0 radical (unpaired) electrons. The maximum absolute atomic E-state index is 12.2. The first-order chi connectivity index (χ1) is 12.1. The summed E-state index contributed by atoms with van der Waals surface area (Å²) in [5.74, 6) is -1.03. The van der Waals surface area contributed by atoms with Crippen LogP contribution in [0.1, 0.15) is 34.3 Å². The Hall–Kier alpha value is -2.80. The second-order valence-corrected chi connectivity index (χ2v) is 6.86. The number of rotatable bonds is 6. The minimum Gasteiger partial charge on any atom is -0.477 e. The molecule has 25 heavy (non-hydrogen) atoms. The lowest BCUT2D eigenvalue weighted by atomic mass is 10.2. The highest BCUT2D eigenvalue weighted by Gasteiger charge is 2.17. The zero-order chi connectivity index (χ0) is 17.8. The first kappa shape index (κ1) is 17.0. The summed E-state index contributed by atoms with van der Waals surface area (Å²) in [6, 6.07) is 8.72. The third-order valence-corrected chi connectivity index (χ3v) is 5.00. The van der Waals surface area contributed by atoms with E-state index in [0.29, 0.717) is 11.4 Å². The maximum Gasteiger partial charge on any atom is 0.348 e. The summed E-state index contributed by atoms with van der Waals surface area (Å²) in [6.45, 7) is 2.08. The number of hydrogen-bond acceptors (Lipinski definition) is 3. The van der Waals surface area contributed by atoms with Gasteiger partial charge in [-0.05, 0) is 43.2 Å². The molecule has 0 aliphatic heterocycles. The number of carboxylic acid groups (broad SMARTS) is 1. The second-order valence-electron chi connectivity index (χ2n) is 5.72. The Bertz CT molecular complexity index is 913. The van der Waals surface area contributed by atoms with Crippen molar-refractivity contribution in [2.24, 2.45) is 0 Å². The lowest BCUT2D eigenvalue weighted by Gasteiger charge is -2.07. The fourth-order valence-corrected chi connectivity index (χ4v) is 3.58. The second kappa shape index (κ2) is 7.40. The number of carbonyl (C=O) groups excluding carboxylic acids is 1. The van der Waals surface area contributed by atoms with E-state index in [-0.39, 0.29) is 4.88 Å². The number of anilines is 2. The Morgan fingerprint density at radius 2 is 2.04 bits per heavy atom. The molecule has 0 aliphatic carbocycles. The van der Waals surface area contributed by atoms with Gasteiger partial charge in [-0.1, -0.05) is 13.3 Å². The summed E-state index contributed by atoms with van der Waals surface area (Å²) >= 11 is 1.21. The fourth-order valence-electron chi connectivity index (χ4n) is 2.58. The standard InChI is InChI=1S/C18H19N3O3S/c1-2-3-4-13-10-15(16(25-13)17(22)23)21-18(24)20-12-5-6-14-11(9-12)7-8-19-14/h5-10,19H,2-4H2,1H3,(H,22,23)(H2,20,21,24). The molecule has 0 saturated carbocycles. The van der Waals surface area contributed by atoms with Crippen LogP contribution in [-0.2, 0) is 6.42 Å². The number of amides is 2. The molecule has 6 nitrogen and oxygen atoms in total. The number of thiophene rings is 1. The number of fused-ring (bicyclic) bond motifs is 1. The van der Waals surface area contributed by atoms with Crippen LogP contribution in [0.4, 0.5) is 16.2 Å². The van der Waals surface area contributed by atoms with E-state index in [2.05, 4.69) is 22.5 Å². The van der Waals surface area contributed by atoms with Gasteiger partial charge in [-0.25, -0.2) is 9.59 Å². The van der Waals surface area contributed by atoms with Crippen LogP contribution in [-0.4, -0.2) is 22.1 Å². The van der Waals surface area contributed by atoms with Gasteiger partial charge in [0, 0.05) is 27.7 Å². The monoisotopic (exact) mass is 357 g/mol. The molecule has 3 aromatic rings. The van der Waals surface area contributed by atoms with E-state index in [1.54, 1.807) is 12.1 Å². The van der Waals surface area contributed by atoms with Crippen LogP contribution in [0.2, 0.25) is 0 Å². The van der Waals surface area contributed by atoms with Crippen LogP contribution in [0.25, 0.3) is 10.9 Å². The largest absolute Gasteiger partial charge is 0.477 e. The molecule has 0 saturated heterocycles. The summed E-state index contributed by atoms with van der Waals surface area (Å²) in [5, 5.41) is 15.7. The molecule has 0 unspecified atom stereocenters. The number of carbonyl (C=O) groups is 2. The van der Waals surface area contributed by atoms with Gasteiger partial charge in [0.25, 0.3) is 0 Å². The highest BCUT2D eigenvalue weighted by molar-refractivity contribution is 7.14. The molecule has 0 bridgehead atoms. The number of benzene rings is 1. The Morgan fingerprint density at radius 3 is 2.80 bits per heavy atom. The van der Waals surface area contributed by atoms with E-state index in [4.69, 9.17) is 0 Å². The summed E-state index contributed by atoms with van der Waals surface area (Å²) in [5.41, 5.74) is 1.96. The van der Waals surface area contributed by atoms with Crippen molar-refractivity contribution in [3.63, 3.8) is 0 Å². The number of urea groups is 1. The van der Waals surface area contributed by atoms with Gasteiger partial charge in [0.15, 0.2) is 0 Å². The Labute approximate surface area is 148 Å². The molecule has 0 aliphatic rings. The predicted molar refractivity (Wildman–Crippen MR) is 101 cm³/mol. The van der Waals surface area contributed by atoms with Crippen molar-refractivity contribution in [3.8, 4) is 0 Å². The first-order valence-electron chi connectivity index (χ1n) is 8.08. The number of unbranched alkanes of at least 4 members (excludes halogenated alkanes) is 1. The molecule has 3 rings (SSSR count). The topological polar surface area (TPSA) is 94.2 Å². The van der Waals surface area contributed by atoms with E-state index < -0.39 is 12.0 Å². The number of aromatic nitrogens is 1. The van der Waals surface area contributed by atoms with Crippen molar-refractivity contribution in [3.05, 3.63) is 46.3 Å². The summed E-state index contributed by atoms with van der Waals surface area (Å²) in [6.07, 6.45) is 4.67. The van der Waals surface area contributed by atoms with Gasteiger partial charge < -0.3 is 20.7 Å². The van der Waals surface area contributed by atoms with E-state index in [1.807, 2.05) is 24.4 Å². The van der Waals surface area contributed by atoms with Crippen molar-refractivity contribution < 1.29 is 14.7 Å². The number of hydrogen-bond donors (Lipinski definition) is 4. The van der Waals surface area contributed by atoms with Gasteiger partial charge >= 0.3 is 12.0 Å². The Balaban J connectivity index is 1.72. The van der Waals surface area contributed by atoms with Crippen LogP contribution in [0, 0.1) is 0 Å². The molecule has 0 spiro atoms. The third-order valence-electron chi connectivity index (χ3n) is 3.81. The predicted octanol–water partition coefficient (Wildman–Crippen LogP) is 4.91. The van der Waals surface area contributed by atoms with E-state index >= 15 is 0 Å². The van der Waals surface area contributed by atoms with Crippen molar-refractivity contribution in [2.45, 2.75) is 26.2 Å². The number of H-pyrrole nitrogens is 1. The van der Waals surface area contributed by atoms with E-state index in [9.17, 15) is 14.7 Å². The number of carboxylic acids is 1. The normalized spacial score (nSPS) is 10.8. The molecular weight excluding hydrogens is 338 g/mol. The van der Waals surface area contributed by atoms with Gasteiger partial charge in [-0.3, -0.25) is 0 Å². The minimum absolute atomic E-state index is 0.155. The zero-order valence-corrected chi connectivity index (χ0v) is 14.6. The molecular formula is C18H19N3O3S. The highest BCUT2D eigenvalue weighted by Crippen LogP contribution is 2.29. The SMILES string of the molecule is CCCCc1cc(NC(=O)Nc2ccc3[nH]ccc3c2)c(C(=O)O)s1. The van der Waals surface area contributed by atoms with Gasteiger partial charge in [0.2, 0.25) is 0 Å². The van der Waals surface area contributed by atoms with Crippen molar-refractivity contribution in [1.82, 2.24) is 4.98 Å². The van der Waals surface area contributed by atoms with Gasteiger partial charge in [-0.15, -0.1) is 11.3 Å². The molecule has 2 heterocycles. The molecule has 2 amide bonds. The summed E-state index contributed by atoms with van der Waals surface area (Å²) < 4.78 is 0. The molecule has 0 atom stereocenters. The van der Waals surface area contributed by atoms with Crippen LogP contribution in [0.5, 0.6) is 0 Å². The smallest absolute Gasteiger partial charge is 0.348 e. The van der Waals surface area contributed by atoms with E-state index in [0.717, 1.165) is 35.0 Å². The van der Waals surface area contributed by atoms with Gasteiger partial charge in [0.05, 0.1) is 5.69 Å². The fraction of sp³-hybridized carbons (Fsp3) is 0.222. The first-order valence-corrected chi connectivity index (χ1v) is 8.89. The summed E-state index contributed by atoms with van der Waals surface area (Å²) in [7, 11) is 0. The third kappa shape index (κ3) is 4.00. The van der Waals surface area contributed by atoms with E-state index in [1.165, 1.54) is 11.3 Å². The van der Waals surface area contributed by atoms with Crippen LogP contribution >= 0.6 is 11.3 Å². The maximum atomic E-state index is 12.2. The number of aromatic amines is 1. The zero-order valence-electron chi connectivity index (χ0n) is 13.8.